The summed E-state index contributed by atoms with van der Waals surface area (Å²) in [5.41, 5.74) is 1.09. The van der Waals surface area contributed by atoms with Gasteiger partial charge in [-0.2, -0.15) is 5.26 Å². The molecule has 1 aromatic carbocycles. The first-order chi connectivity index (χ1) is 11.2. The van der Waals surface area contributed by atoms with Crippen molar-refractivity contribution in [2.75, 3.05) is 31.7 Å². The van der Waals surface area contributed by atoms with Gasteiger partial charge < -0.3 is 20.1 Å². The number of carbonyl (C=O) groups excluding carboxylic acids is 2. The number of carbonyl (C=O) groups is 2. The lowest BCUT2D eigenvalue weighted by molar-refractivity contribution is -0.129. The van der Waals surface area contributed by atoms with Gasteiger partial charge in [0.2, 0.25) is 11.8 Å². The fraction of sp³-hybridized carbons (Fsp3) is 0.438. The molecule has 1 heterocycles. The van der Waals surface area contributed by atoms with Crippen LogP contribution in [0.3, 0.4) is 0 Å². The number of nitrogens with one attached hydrogen (secondary N) is 2. The van der Waals surface area contributed by atoms with Gasteiger partial charge in [0, 0.05) is 18.8 Å². The molecule has 1 aliphatic heterocycles. The molecule has 1 unspecified atom stereocenters. The van der Waals surface area contributed by atoms with E-state index in [2.05, 4.69) is 10.6 Å². The van der Waals surface area contributed by atoms with Crippen molar-refractivity contribution in [1.29, 1.82) is 5.26 Å². The van der Waals surface area contributed by atoms with E-state index in [1.54, 1.807) is 24.3 Å². The molecule has 0 bridgehead atoms. The van der Waals surface area contributed by atoms with Crippen LogP contribution in [0.25, 0.3) is 0 Å². The van der Waals surface area contributed by atoms with Gasteiger partial charge in [-0.15, -0.1) is 0 Å². The van der Waals surface area contributed by atoms with Crippen LogP contribution in [-0.2, 0) is 19.1 Å². The molecule has 0 saturated carbocycles. The van der Waals surface area contributed by atoms with Gasteiger partial charge in [0.25, 0.3) is 0 Å². The Kier molecular flexibility index (Phi) is 6.54. The molecule has 0 aliphatic carbocycles. The minimum atomic E-state index is -0.360. The Morgan fingerprint density at radius 3 is 2.65 bits per heavy atom. The summed E-state index contributed by atoms with van der Waals surface area (Å²) in [5.74, 6) is -0.631. The van der Waals surface area contributed by atoms with E-state index in [0.717, 1.165) is 19.4 Å². The van der Waals surface area contributed by atoms with Gasteiger partial charge in [-0.05, 0) is 37.1 Å². The zero-order valence-electron chi connectivity index (χ0n) is 12.7. The van der Waals surface area contributed by atoms with Gasteiger partial charge in [0.05, 0.1) is 17.7 Å². The summed E-state index contributed by atoms with van der Waals surface area (Å²) >= 11 is 0. The Morgan fingerprint density at radius 2 is 2.00 bits per heavy atom. The zero-order valence-corrected chi connectivity index (χ0v) is 12.7. The lowest BCUT2D eigenvalue weighted by Crippen LogP contribution is -2.35. The van der Waals surface area contributed by atoms with Gasteiger partial charge in [-0.25, -0.2) is 0 Å². The predicted octanol–water partition coefficient (Wildman–Crippen LogP) is 0.809. The summed E-state index contributed by atoms with van der Waals surface area (Å²) in [6.45, 7) is 0.826. The molecule has 122 valence electrons. The second-order valence-corrected chi connectivity index (χ2v) is 5.17. The van der Waals surface area contributed by atoms with Crippen molar-refractivity contribution < 1.29 is 19.1 Å². The molecule has 0 spiro atoms. The van der Waals surface area contributed by atoms with Crippen molar-refractivity contribution in [2.45, 2.75) is 18.9 Å². The molecule has 0 aromatic heterocycles. The number of benzene rings is 1. The molecule has 7 heteroatoms. The first kappa shape index (κ1) is 16.9. The highest BCUT2D eigenvalue weighted by molar-refractivity contribution is 5.91. The Labute approximate surface area is 134 Å². The maximum Gasteiger partial charge on any atom is 0.250 e. The highest BCUT2D eigenvalue weighted by Crippen LogP contribution is 2.10. The van der Waals surface area contributed by atoms with E-state index in [9.17, 15) is 9.59 Å². The smallest absolute Gasteiger partial charge is 0.250 e. The van der Waals surface area contributed by atoms with E-state index in [4.69, 9.17) is 14.7 Å². The van der Waals surface area contributed by atoms with Crippen LogP contribution in [0, 0.1) is 11.3 Å². The molecular weight excluding hydrogens is 298 g/mol. The van der Waals surface area contributed by atoms with E-state index in [1.807, 2.05) is 6.07 Å². The van der Waals surface area contributed by atoms with Crippen LogP contribution in [0.15, 0.2) is 24.3 Å². The van der Waals surface area contributed by atoms with Crippen LogP contribution < -0.4 is 10.6 Å². The standard InChI is InChI=1S/C16H19N3O4/c17-8-12-3-5-13(6-4-12)19-16(21)11-22-10-15(20)18-9-14-2-1-7-23-14/h3-6,14H,1-2,7,9-11H2,(H,18,20)(H,19,21). The maximum atomic E-state index is 11.7. The number of rotatable bonds is 7. The van der Waals surface area contributed by atoms with Crippen molar-refractivity contribution in [2.24, 2.45) is 0 Å². The molecule has 1 saturated heterocycles. The van der Waals surface area contributed by atoms with Gasteiger partial charge in [-0.3, -0.25) is 9.59 Å². The van der Waals surface area contributed by atoms with Crippen molar-refractivity contribution in [3.05, 3.63) is 29.8 Å². The number of anilines is 1. The first-order valence-corrected chi connectivity index (χ1v) is 7.43. The second-order valence-electron chi connectivity index (χ2n) is 5.17. The van der Waals surface area contributed by atoms with E-state index >= 15 is 0 Å². The fourth-order valence-electron chi connectivity index (χ4n) is 2.15. The van der Waals surface area contributed by atoms with Gasteiger partial charge in [-0.1, -0.05) is 0 Å². The Hall–Kier alpha value is -2.43. The van der Waals surface area contributed by atoms with E-state index < -0.39 is 0 Å². The lowest BCUT2D eigenvalue weighted by atomic mass is 10.2. The quantitative estimate of drug-likeness (QED) is 0.775. The minimum absolute atomic E-state index is 0.0821. The molecule has 1 aromatic rings. The van der Waals surface area contributed by atoms with Crippen molar-refractivity contribution in [3.63, 3.8) is 0 Å². The van der Waals surface area contributed by atoms with Crippen LogP contribution in [0.4, 0.5) is 5.69 Å². The highest BCUT2D eigenvalue weighted by Gasteiger charge is 2.16. The predicted molar refractivity (Wildman–Crippen MR) is 82.6 cm³/mol. The van der Waals surface area contributed by atoms with E-state index in [-0.39, 0.29) is 31.1 Å². The molecule has 1 fully saturated rings. The number of ether oxygens (including phenoxy) is 2. The summed E-state index contributed by atoms with van der Waals surface area (Å²) in [6.07, 6.45) is 2.05. The van der Waals surface area contributed by atoms with Gasteiger partial charge in [0.1, 0.15) is 13.2 Å². The average molecular weight is 317 g/mol. The molecular formula is C16H19N3O4. The SMILES string of the molecule is N#Cc1ccc(NC(=O)COCC(=O)NCC2CCCO2)cc1. The van der Waals surface area contributed by atoms with E-state index in [0.29, 0.717) is 17.8 Å². The van der Waals surface area contributed by atoms with Crippen LogP contribution in [0.1, 0.15) is 18.4 Å². The van der Waals surface area contributed by atoms with Crippen LogP contribution >= 0.6 is 0 Å². The number of amides is 2. The molecule has 2 N–H and O–H groups in total. The van der Waals surface area contributed by atoms with Gasteiger partial charge in [0.15, 0.2) is 0 Å². The average Bonchev–Trinajstić information content (AvgIpc) is 3.07. The fourth-order valence-corrected chi connectivity index (χ4v) is 2.15. The summed E-state index contributed by atoms with van der Waals surface area (Å²) in [4.78, 5) is 23.2. The first-order valence-electron chi connectivity index (χ1n) is 7.43. The number of hydrogen-bond donors (Lipinski definition) is 2. The Balaban J connectivity index is 1.60. The van der Waals surface area contributed by atoms with Crippen LogP contribution in [-0.4, -0.2) is 44.3 Å². The largest absolute Gasteiger partial charge is 0.376 e. The summed E-state index contributed by atoms with van der Waals surface area (Å²) in [5, 5.41) is 14.0. The second kappa shape index (κ2) is 8.88. The van der Waals surface area contributed by atoms with Crippen LogP contribution in [0.5, 0.6) is 0 Å². The topological polar surface area (TPSA) is 100 Å². The maximum absolute atomic E-state index is 11.7. The molecule has 2 amide bonds. The molecule has 1 atom stereocenters. The molecule has 23 heavy (non-hydrogen) atoms. The molecule has 7 nitrogen and oxygen atoms in total. The van der Waals surface area contributed by atoms with Crippen LogP contribution in [0.2, 0.25) is 0 Å². The van der Waals surface area contributed by atoms with E-state index in [1.165, 1.54) is 0 Å². The third-order valence-electron chi connectivity index (χ3n) is 3.31. The Morgan fingerprint density at radius 1 is 1.26 bits per heavy atom. The summed E-state index contributed by atoms with van der Waals surface area (Å²) in [6, 6.07) is 8.47. The number of nitriles is 1. The van der Waals surface area contributed by atoms with Crippen molar-refractivity contribution in [1.82, 2.24) is 5.32 Å². The molecule has 0 radical (unpaired) electrons. The zero-order chi connectivity index (χ0) is 16.5. The van der Waals surface area contributed by atoms with Gasteiger partial charge >= 0.3 is 0 Å². The number of nitrogens with zero attached hydrogens (tertiary/aromatic N) is 1. The van der Waals surface area contributed by atoms with Crippen molar-refractivity contribution in [3.8, 4) is 6.07 Å². The van der Waals surface area contributed by atoms with Crippen molar-refractivity contribution >= 4 is 17.5 Å². The third-order valence-corrected chi connectivity index (χ3v) is 3.31. The molecule has 1 aliphatic rings. The highest BCUT2D eigenvalue weighted by atomic mass is 16.5. The third kappa shape index (κ3) is 6.06. The minimum Gasteiger partial charge on any atom is -0.376 e. The monoisotopic (exact) mass is 317 g/mol. The Bertz CT molecular complexity index is 574. The summed E-state index contributed by atoms with van der Waals surface area (Å²) < 4.78 is 10.5. The summed E-state index contributed by atoms with van der Waals surface area (Å²) in [7, 11) is 0. The normalized spacial score (nSPS) is 16.6. The molecule has 2 rings (SSSR count). The number of hydrogen-bond acceptors (Lipinski definition) is 5. The lowest BCUT2D eigenvalue weighted by Gasteiger charge is -2.11.